The Kier molecular flexibility index (Phi) is 5.80. The van der Waals surface area contributed by atoms with Crippen molar-refractivity contribution in [3.63, 3.8) is 0 Å². The number of hydrogen-bond acceptors (Lipinski definition) is 4. The first-order valence-electron chi connectivity index (χ1n) is 7.37. The second-order valence-electron chi connectivity index (χ2n) is 5.06. The molecular weight excluding hydrogens is 290 g/mol. The molecule has 120 valence electrons. The third-order valence-corrected chi connectivity index (χ3v) is 3.57. The van der Waals surface area contributed by atoms with Crippen molar-refractivity contribution in [1.29, 1.82) is 0 Å². The molecule has 2 rings (SSSR count). The van der Waals surface area contributed by atoms with E-state index in [1.165, 1.54) is 7.11 Å². The van der Waals surface area contributed by atoms with Gasteiger partial charge >= 0.3 is 5.97 Å². The number of nitrogens with one attached hydrogen (secondary N) is 1. The number of anilines is 1. The van der Waals surface area contributed by atoms with Crippen molar-refractivity contribution < 1.29 is 14.3 Å². The van der Waals surface area contributed by atoms with Gasteiger partial charge in [0.05, 0.1) is 25.8 Å². The summed E-state index contributed by atoms with van der Waals surface area (Å²) in [6, 6.07) is 15.2. The molecule has 4 nitrogen and oxygen atoms in total. The van der Waals surface area contributed by atoms with Crippen LogP contribution in [-0.4, -0.2) is 20.2 Å². The van der Waals surface area contributed by atoms with Gasteiger partial charge in [-0.25, -0.2) is 4.79 Å². The lowest BCUT2D eigenvalue weighted by molar-refractivity contribution is 0.0600. The van der Waals surface area contributed by atoms with Crippen molar-refractivity contribution in [1.82, 2.24) is 0 Å². The SMILES string of the molecule is C=CCC(Nc1ccc(OC)cc1)c1ccc(C(=O)OC)cc1. The molecule has 0 bridgehead atoms. The molecule has 0 saturated carbocycles. The molecule has 0 aliphatic carbocycles. The van der Waals surface area contributed by atoms with Crippen molar-refractivity contribution in [2.75, 3.05) is 19.5 Å². The zero-order chi connectivity index (χ0) is 16.7. The van der Waals surface area contributed by atoms with Gasteiger partial charge in [0.25, 0.3) is 0 Å². The number of carbonyl (C=O) groups is 1. The lowest BCUT2D eigenvalue weighted by Gasteiger charge is -2.19. The Morgan fingerprint density at radius 1 is 1.13 bits per heavy atom. The van der Waals surface area contributed by atoms with E-state index in [-0.39, 0.29) is 12.0 Å². The second kappa shape index (κ2) is 8.03. The summed E-state index contributed by atoms with van der Waals surface area (Å²) in [6.07, 6.45) is 2.64. The molecule has 0 radical (unpaired) electrons. The predicted molar refractivity (Wildman–Crippen MR) is 92.0 cm³/mol. The molecule has 2 aromatic rings. The number of rotatable bonds is 7. The standard InChI is InChI=1S/C19H21NO3/c1-4-5-18(20-16-10-12-17(22-2)13-11-16)14-6-8-15(9-7-14)19(21)23-3/h4,6-13,18,20H,1,5H2,2-3H3. The van der Waals surface area contributed by atoms with Crippen LogP contribution < -0.4 is 10.1 Å². The molecule has 4 heteroatoms. The molecule has 23 heavy (non-hydrogen) atoms. The molecular formula is C19H21NO3. The smallest absolute Gasteiger partial charge is 0.337 e. The fourth-order valence-corrected chi connectivity index (χ4v) is 2.30. The minimum atomic E-state index is -0.333. The van der Waals surface area contributed by atoms with Crippen molar-refractivity contribution >= 4 is 11.7 Å². The number of methoxy groups -OCH3 is 2. The van der Waals surface area contributed by atoms with Gasteiger partial charge in [0.2, 0.25) is 0 Å². The maximum absolute atomic E-state index is 11.5. The normalized spacial score (nSPS) is 11.4. The first-order chi connectivity index (χ1) is 11.2. The topological polar surface area (TPSA) is 47.6 Å². The molecule has 0 fully saturated rings. The molecule has 0 saturated heterocycles. The summed E-state index contributed by atoms with van der Waals surface area (Å²) >= 11 is 0. The van der Waals surface area contributed by atoms with Crippen molar-refractivity contribution in [3.05, 3.63) is 72.3 Å². The molecule has 1 unspecified atom stereocenters. The zero-order valence-corrected chi connectivity index (χ0v) is 13.4. The first-order valence-corrected chi connectivity index (χ1v) is 7.37. The second-order valence-corrected chi connectivity index (χ2v) is 5.06. The average Bonchev–Trinajstić information content (AvgIpc) is 2.61. The summed E-state index contributed by atoms with van der Waals surface area (Å²) in [6.45, 7) is 3.82. The maximum atomic E-state index is 11.5. The van der Waals surface area contributed by atoms with Crippen LogP contribution in [0.4, 0.5) is 5.69 Å². The Labute approximate surface area is 136 Å². The van der Waals surface area contributed by atoms with Crippen LogP contribution in [0.15, 0.2) is 61.2 Å². The fourth-order valence-electron chi connectivity index (χ4n) is 2.30. The molecule has 0 spiro atoms. The molecule has 1 atom stereocenters. The summed E-state index contributed by atoms with van der Waals surface area (Å²) in [5, 5.41) is 3.47. The first kappa shape index (κ1) is 16.6. The third-order valence-electron chi connectivity index (χ3n) is 3.57. The quantitative estimate of drug-likeness (QED) is 0.614. The van der Waals surface area contributed by atoms with Crippen LogP contribution in [0.5, 0.6) is 5.75 Å². The highest BCUT2D eigenvalue weighted by Gasteiger charge is 2.12. The minimum absolute atomic E-state index is 0.0765. The van der Waals surface area contributed by atoms with Crippen LogP contribution in [0.1, 0.15) is 28.4 Å². The van der Waals surface area contributed by atoms with Crippen LogP contribution in [-0.2, 0) is 4.74 Å². The number of ether oxygens (including phenoxy) is 2. The van der Waals surface area contributed by atoms with E-state index in [4.69, 9.17) is 9.47 Å². The van der Waals surface area contributed by atoms with Crippen LogP contribution in [0.25, 0.3) is 0 Å². The largest absolute Gasteiger partial charge is 0.497 e. The molecule has 0 aliphatic rings. The predicted octanol–water partition coefficient (Wildman–Crippen LogP) is 4.21. The Balaban J connectivity index is 2.16. The van der Waals surface area contributed by atoms with E-state index in [0.29, 0.717) is 5.56 Å². The van der Waals surface area contributed by atoms with Gasteiger partial charge in [-0.2, -0.15) is 0 Å². The van der Waals surface area contributed by atoms with E-state index in [1.807, 2.05) is 42.5 Å². The number of benzene rings is 2. The van der Waals surface area contributed by atoms with Crippen molar-refractivity contribution in [3.8, 4) is 5.75 Å². The van der Waals surface area contributed by atoms with Crippen molar-refractivity contribution in [2.24, 2.45) is 0 Å². The summed E-state index contributed by atoms with van der Waals surface area (Å²) in [7, 11) is 3.02. The summed E-state index contributed by atoms with van der Waals surface area (Å²) in [5.74, 6) is 0.484. The molecule has 0 aliphatic heterocycles. The lowest BCUT2D eigenvalue weighted by Crippen LogP contribution is -2.10. The fraction of sp³-hybridized carbons (Fsp3) is 0.211. The van der Waals surface area contributed by atoms with Gasteiger partial charge < -0.3 is 14.8 Å². The Bertz CT molecular complexity index is 647. The maximum Gasteiger partial charge on any atom is 0.337 e. The zero-order valence-electron chi connectivity index (χ0n) is 13.4. The van der Waals surface area contributed by atoms with Crippen LogP contribution in [0, 0.1) is 0 Å². The number of carbonyl (C=O) groups excluding carboxylic acids is 1. The highest BCUT2D eigenvalue weighted by Crippen LogP contribution is 2.25. The van der Waals surface area contributed by atoms with Gasteiger partial charge in [-0.05, 0) is 48.4 Å². The van der Waals surface area contributed by atoms with Gasteiger partial charge in [0.1, 0.15) is 5.75 Å². The van der Waals surface area contributed by atoms with E-state index < -0.39 is 0 Å². The number of hydrogen-bond donors (Lipinski definition) is 1. The highest BCUT2D eigenvalue weighted by molar-refractivity contribution is 5.89. The van der Waals surface area contributed by atoms with Crippen molar-refractivity contribution in [2.45, 2.75) is 12.5 Å². The molecule has 0 aromatic heterocycles. The minimum Gasteiger partial charge on any atom is -0.497 e. The molecule has 2 aromatic carbocycles. The van der Waals surface area contributed by atoms with E-state index in [2.05, 4.69) is 11.9 Å². The Morgan fingerprint density at radius 2 is 1.78 bits per heavy atom. The highest BCUT2D eigenvalue weighted by atomic mass is 16.5. The van der Waals surface area contributed by atoms with Gasteiger partial charge in [0.15, 0.2) is 0 Å². The number of esters is 1. The lowest BCUT2D eigenvalue weighted by atomic mass is 10.0. The molecule has 0 amide bonds. The van der Waals surface area contributed by atoms with E-state index >= 15 is 0 Å². The molecule has 1 N–H and O–H groups in total. The van der Waals surface area contributed by atoms with E-state index in [1.54, 1.807) is 19.2 Å². The summed E-state index contributed by atoms with van der Waals surface area (Å²) in [5.41, 5.74) is 2.61. The molecule has 0 heterocycles. The monoisotopic (exact) mass is 311 g/mol. The average molecular weight is 311 g/mol. The van der Waals surface area contributed by atoms with Gasteiger partial charge in [-0.15, -0.1) is 6.58 Å². The van der Waals surface area contributed by atoms with Gasteiger partial charge in [-0.3, -0.25) is 0 Å². The van der Waals surface area contributed by atoms with Gasteiger partial charge in [0, 0.05) is 5.69 Å². The van der Waals surface area contributed by atoms with Crippen LogP contribution >= 0.6 is 0 Å². The summed E-state index contributed by atoms with van der Waals surface area (Å²) < 4.78 is 9.88. The Hall–Kier alpha value is -2.75. The van der Waals surface area contributed by atoms with E-state index in [0.717, 1.165) is 23.4 Å². The van der Waals surface area contributed by atoms with Gasteiger partial charge in [-0.1, -0.05) is 18.2 Å². The van der Waals surface area contributed by atoms with E-state index in [9.17, 15) is 4.79 Å². The van der Waals surface area contributed by atoms with Crippen LogP contribution in [0.3, 0.4) is 0 Å². The van der Waals surface area contributed by atoms with Crippen LogP contribution in [0.2, 0.25) is 0 Å². The third kappa shape index (κ3) is 4.36. The Morgan fingerprint density at radius 3 is 2.30 bits per heavy atom. The summed E-state index contributed by atoms with van der Waals surface area (Å²) in [4.78, 5) is 11.5.